The lowest BCUT2D eigenvalue weighted by molar-refractivity contribution is -0.139. The molecule has 0 aliphatic heterocycles. The molecule has 0 aliphatic rings. The third kappa shape index (κ3) is 6.97. The zero-order valence-corrected chi connectivity index (χ0v) is 20.4. The zero-order chi connectivity index (χ0) is 23.6. The first-order chi connectivity index (χ1) is 16.0. The minimum atomic E-state index is -0.302. The van der Waals surface area contributed by atoms with Gasteiger partial charge in [-0.3, -0.25) is 14.7 Å². The molecule has 7 nitrogen and oxygen atoms in total. The van der Waals surface area contributed by atoms with Gasteiger partial charge >= 0.3 is 5.97 Å². The van der Waals surface area contributed by atoms with Crippen LogP contribution in [0.5, 0.6) is 0 Å². The quantitative estimate of drug-likeness (QED) is 0.216. The first-order valence-corrected chi connectivity index (χ1v) is 12.4. The number of esters is 1. The van der Waals surface area contributed by atoms with Gasteiger partial charge in [0.25, 0.3) is 5.56 Å². The monoisotopic (exact) mass is 482 g/mol. The van der Waals surface area contributed by atoms with Crippen molar-refractivity contribution in [1.82, 2.24) is 9.78 Å². The van der Waals surface area contributed by atoms with Crippen LogP contribution in [0.2, 0.25) is 0 Å². The molecule has 0 saturated heterocycles. The standard InChI is InChI=1S/C24H26N4O3S2/c1-4-31-21(29)16-33-24(32-15-19-11-7-5-8-12-19)26-25-17(2)22-18(3)27-28(23(22)30)20-13-9-6-10-14-20/h5-14,27H,4,15-16H2,1-3H3/b25-17-,26-24-. The van der Waals surface area contributed by atoms with Crippen molar-refractivity contribution < 1.29 is 9.53 Å². The van der Waals surface area contributed by atoms with Crippen molar-refractivity contribution in [3.63, 3.8) is 0 Å². The van der Waals surface area contributed by atoms with E-state index >= 15 is 0 Å². The minimum Gasteiger partial charge on any atom is -0.465 e. The molecule has 9 heteroatoms. The number of H-pyrrole nitrogens is 1. The Morgan fingerprint density at radius 2 is 1.70 bits per heavy atom. The molecule has 0 saturated carbocycles. The molecule has 1 N–H and O–H groups in total. The largest absolute Gasteiger partial charge is 0.465 e. The van der Waals surface area contributed by atoms with Crippen molar-refractivity contribution in [3.05, 3.63) is 87.8 Å². The smallest absolute Gasteiger partial charge is 0.316 e. The summed E-state index contributed by atoms with van der Waals surface area (Å²) < 4.78 is 7.14. The van der Waals surface area contributed by atoms with E-state index in [2.05, 4.69) is 15.3 Å². The van der Waals surface area contributed by atoms with Gasteiger partial charge in [-0.2, -0.15) is 5.10 Å². The van der Waals surface area contributed by atoms with Crippen molar-refractivity contribution in [2.75, 3.05) is 12.4 Å². The van der Waals surface area contributed by atoms with Gasteiger partial charge in [0.15, 0.2) is 4.38 Å². The van der Waals surface area contributed by atoms with Gasteiger partial charge in [0.2, 0.25) is 0 Å². The van der Waals surface area contributed by atoms with E-state index in [0.29, 0.717) is 33.7 Å². The van der Waals surface area contributed by atoms with E-state index in [4.69, 9.17) is 4.74 Å². The second-order valence-corrected chi connectivity index (χ2v) is 9.19. The summed E-state index contributed by atoms with van der Waals surface area (Å²) in [6.45, 7) is 5.70. The van der Waals surface area contributed by atoms with Gasteiger partial charge in [0, 0.05) is 11.4 Å². The average Bonchev–Trinajstić information content (AvgIpc) is 3.13. The Balaban J connectivity index is 1.83. The van der Waals surface area contributed by atoms with Crippen molar-refractivity contribution in [1.29, 1.82) is 0 Å². The number of carbonyl (C=O) groups is 1. The Kier molecular flexibility index (Phi) is 9.14. The number of hydrogen-bond donors (Lipinski definition) is 1. The van der Waals surface area contributed by atoms with E-state index < -0.39 is 0 Å². The number of hydrogen-bond acceptors (Lipinski definition) is 7. The van der Waals surface area contributed by atoms with Gasteiger partial charge in [-0.15, -0.1) is 5.10 Å². The SMILES string of the molecule is CCOC(=O)CS/C(=N\N=C(\C)c1c(C)[nH]n(-c2ccccc2)c1=O)SCc1ccccc1. The van der Waals surface area contributed by atoms with Crippen LogP contribution < -0.4 is 5.56 Å². The molecule has 0 atom stereocenters. The lowest BCUT2D eigenvalue weighted by Gasteiger charge is -2.05. The van der Waals surface area contributed by atoms with Crippen molar-refractivity contribution >= 4 is 39.6 Å². The number of rotatable bonds is 8. The maximum Gasteiger partial charge on any atom is 0.316 e. The fraction of sp³-hybridized carbons (Fsp3) is 0.250. The van der Waals surface area contributed by atoms with E-state index in [9.17, 15) is 9.59 Å². The minimum absolute atomic E-state index is 0.146. The van der Waals surface area contributed by atoms with Crippen LogP contribution in [0.4, 0.5) is 0 Å². The van der Waals surface area contributed by atoms with Gasteiger partial charge < -0.3 is 4.74 Å². The number of nitrogens with zero attached hydrogens (tertiary/aromatic N) is 3. The van der Waals surface area contributed by atoms with Crippen molar-refractivity contribution in [2.45, 2.75) is 26.5 Å². The highest BCUT2D eigenvalue weighted by molar-refractivity contribution is 8.38. The summed E-state index contributed by atoms with van der Waals surface area (Å²) in [5, 5.41) is 11.8. The Morgan fingerprint density at radius 3 is 2.36 bits per heavy atom. The summed E-state index contributed by atoms with van der Waals surface area (Å²) in [4.78, 5) is 24.8. The number of aromatic nitrogens is 2. The van der Waals surface area contributed by atoms with Crippen LogP contribution in [0.3, 0.4) is 0 Å². The normalized spacial score (nSPS) is 12.1. The van der Waals surface area contributed by atoms with Crippen LogP contribution in [0.25, 0.3) is 5.69 Å². The number of nitrogens with one attached hydrogen (secondary N) is 1. The average molecular weight is 483 g/mol. The Bertz CT molecular complexity index is 1190. The highest BCUT2D eigenvalue weighted by Gasteiger charge is 2.15. The molecule has 1 aromatic heterocycles. The van der Waals surface area contributed by atoms with Gasteiger partial charge in [0.05, 0.1) is 29.3 Å². The Morgan fingerprint density at radius 1 is 1.03 bits per heavy atom. The van der Waals surface area contributed by atoms with Crippen molar-refractivity contribution in [2.24, 2.45) is 10.2 Å². The lowest BCUT2D eigenvalue weighted by Crippen LogP contribution is -2.19. The molecule has 0 bridgehead atoms. The molecule has 0 aliphatic carbocycles. The van der Waals surface area contributed by atoms with Crippen LogP contribution in [-0.4, -0.2) is 38.2 Å². The number of thioether (sulfide) groups is 2. The first kappa shape index (κ1) is 24.6. The maximum atomic E-state index is 13.0. The summed E-state index contributed by atoms with van der Waals surface area (Å²) in [6.07, 6.45) is 0. The topological polar surface area (TPSA) is 88.8 Å². The van der Waals surface area contributed by atoms with E-state index in [1.807, 2.05) is 67.6 Å². The van der Waals surface area contributed by atoms with Gasteiger partial charge in [-0.05, 0) is 38.5 Å². The molecule has 0 spiro atoms. The van der Waals surface area contributed by atoms with Crippen LogP contribution >= 0.6 is 23.5 Å². The molecule has 1 heterocycles. The second kappa shape index (κ2) is 12.3. The number of ether oxygens (including phenoxy) is 1. The fourth-order valence-corrected chi connectivity index (χ4v) is 4.73. The van der Waals surface area contributed by atoms with Gasteiger partial charge in [0.1, 0.15) is 0 Å². The highest BCUT2D eigenvalue weighted by atomic mass is 32.2. The van der Waals surface area contributed by atoms with Crippen molar-refractivity contribution in [3.8, 4) is 5.69 Å². The molecule has 172 valence electrons. The molecule has 0 unspecified atom stereocenters. The van der Waals surface area contributed by atoms with Crippen LogP contribution in [0.15, 0.2) is 75.7 Å². The molecule has 3 aromatic rings. The number of benzene rings is 2. The molecule has 3 rings (SSSR count). The summed E-state index contributed by atoms with van der Waals surface area (Å²) in [5.74, 6) is 0.532. The summed E-state index contributed by atoms with van der Waals surface area (Å²) >= 11 is 2.77. The van der Waals surface area contributed by atoms with Crippen LogP contribution in [-0.2, 0) is 15.3 Å². The number of para-hydroxylation sites is 1. The predicted octanol–water partition coefficient (Wildman–Crippen LogP) is 4.78. The predicted molar refractivity (Wildman–Crippen MR) is 138 cm³/mol. The highest BCUT2D eigenvalue weighted by Crippen LogP contribution is 2.22. The molecule has 0 fully saturated rings. The van der Waals surface area contributed by atoms with Gasteiger partial charge in [-0.1, -0.05) is 72.1 Å². The summed E-state index contributed by atoms with van der Waals surface area (Å²) in [5.41, 5.74) is 3.38. The van der Waals surface area contributed by atoms with Crippen LogP contribution in [0.1, 0.15) is 30.7 Å². The Labute approximate surface area is 201 Å². The van der Waals surface area contributed by atoms with E-state index in [-0.39, 0.29) is 17.3 Å². The Hall–Kier alpha value is -3.04. The fourth-order valence-electron chi connectivity index (χ4n) is 3.04. The third-order valence-corrected chi connectivity index (χ3v) is 6.78. The number of aromatic amines is 1. The molecular weight excluding hydrogens is 456 g/mol. The lowest BCUT2D eigenvalue weighted by atomic mass is 10.2. The third-order valence-electron chi connectivity index (χ3n) is 4.55. The molecule has 0 amide bonds. The first-order valence-electron chi connectivity index (χ1n) is 10.4. The van der Waals surface area contributed by atoms with E-state index in [0.717, 1.165) is 11.3 Å². The number of aryl methyl sites for hydroxylation is 1. The van der Waals surface area contributed by atoms with E-state index in [1.54, 1.807) is 13.8 Å². The molecule has 33 heavy (non-hydrogen) atoms. The van der Waals surface area contributed by atoms with E-state index in [1.165, 1.54) is 28.2 Å². The summed E-state index contributed by atoms with van der Waals surface area (Å²) in [6, 6.07) is 19.4. The molecular formula is C24H26N4O3S2. The zero-order valence-electron chi connectivity index (χ0n) is 18.8. The second-order valence-electron chi connectivity index (χ2n) is 7.01. The van der Waals surface area contributed by atoms with Crippen LogP contribution in [0, 0.1) is 6.92 Å². The summed E-state index contributed by atoms with van der Waals surface area (Å²) in [7, 11) is 0. The number of carbonyl (C=O) groups excluding carboxylic acids is 1. The van der Waals surface area contributed by atoms with Gasteiger partial charge in [-0.25, -0.2) is 4.68 Å². The maximum absolute atomic E-state index is 13.0. The molecule has 2 aromatic carbocycles. The molecule has 0 radical (unpaired) electrons.